The second-order valence-corrected chi connectivity index (χ2v) is 7.01. The summed E-state index contributed by atoms with van der Waals surface area (Å²) in [7, 11) is 0. The molecule has 0 radical (unpaired) electrons. The minimum Gasteiger partial charge on any atom is -0.385 e. The summed E-state index contributed by atoms with van der Waals surface area (Å²) >= 11 is 12.6. The summed E-state index contributed by atoms with van der Waals surface area (Å²) in [6.07, 6.45) is 4.58. The van der Waals surface area contributed by atoms with Crippen LogP contribution in [0.5, 0.6) is 0 Å². The number of hydrogen-bond acceptors (Lipinski definition) is 3. The van der Waals surface area contributed by atoms with Crippen molar-refractivity contribution in [2.45, 2.75) is 44.6 Å². The van der Waals surface area contributed by atoms with Crippen LogP contribution in [0.3, 0.4) is 0 Å². The first-order valence-electron chi connectivity index (χ1n) is 8.55. The Morgan fingerprint density at radius 1 is 1.35 bits per heavy atom. The molecule has 2 rings (SSSR count). The lowest BCUT2D eigenvalue weighted by Crippen LogP contribution is -2.44. The number of benzene rings is 1. The molecular weight excluding hydrogens is 333 g/mol. The molecule has 2 atom stereocenters. The van der Waals surface area contributed by atoms with E-state index in [9.17, 15) is 5.11 Å². The second kappa shape index (κ2) is 9.24. The SMILES string of the molecule is CCOCCCC[C@@](O)(c1cccc(Cl)c1Cl)[C@@H]1CCCNC1. The maximum atomic E-state index is 11.5. The van der Waals surface area contributed by atoms with Gasteiger partial charge in [-0.15, -0.1) is 0 Å². The number of unbranched alkanes of at least 4 members (excludes halogenated alkanes) is 1. The van der Waals surface area contributed by atoms with Crippen molar-refractivity contribution in [3.8, 4) is 0 Å². The average molecular weight is 360 g/mol. The van der Waals surface area contributed by atoms with Gasteiger partial charge in [0, 0.05) is 31.2 Å². The van der Waals surface area contributed by atoms with Crippen molar-refractivity contribution in [3.05, 3.63) is 33.8 Å². The highest BCUT2D eigenvalue weighted by Crippen LogP contribution is 2.43. The van der Waals surface area contributed by atoms with E-state index in [1.54, 1.807) is 6.07 Å². The molecule has 0 unspecified atom stereocenters. The molecule has 0 saturated carbocycles. The maximum absolute atomic E-state index is 11.5. The van der Waals surface area contributed by atoms with Gasteiger partial charge >= 0.3 is 0 Å². The van der Waals surface area contributed by atoms with Crippen molar-refractivity contribution in [2.75, 3.05) is 26.3 Å². The molecule has 2 N–H and O–H groups in total. The summed E-state index contributed by atoms with van der Waals surface area (Å²) in [4.78, 5) is 0. The van der Waals surface area contributed by atoms with E-state index in [0.29, 0.717) is 16.5 Å². The molecule has 3 nitrogen and oxygen atoms in total. The third-order valence-electron chi connectivity index (χ3n) is 4.69. The Hall–Kier alpha value is -0.320. The second-order valence-electron chi connectivity index (χ2n) is 6.22. The highest BCUT2D eigenvalue weighted by atomic mass is 35.5. The van der Waals surface area contributed by atoms with Gasteiger partial charge in [-0.25, -0.2) is 0 Å². The van der Waals surface area contributed by atoms with Gasteiger partial charge in [0.15, 0.2) is 0 Å². The van der Waals surface area contributed by atoms with Gasteiger partial charge in [-0.05, 0) is 51.6 Å². The first kappa shape index (κ1) is 19.0. The lowest BCUT2D eigenvalue weighted by Gasteiger charge is -2.40. The highest BCUT2D eigenvalue weighted by molar-refractivity contribution is 6.42. The predicted molar refractivity (Wildman–Crippen MR) is 96.3 cm³/mol. The van der Waals surface area contributed by atoms with Crippen molar-refractivity contribution in [1.82, 2.24) is 5.32 Å². The van der Waals surface area contributed by atoms with Crippen LogP contribution in [0.2, 0.25) is 10.0 Å². The molecule has 0 amide bonds. The molecule has 1 aliphatic heterocycles. The van der Waals surface area contributed by atoms with E-state index in [2.05, 4.69) is 5.32 Å². The standard InChI is InChI=1S/C18H27Cl2NO2/c1-2-23-12-4-3-10-18(22,14-7-6-11-21-13-14)15-8-5-9-16(19)17(15)20/h5,8-9,14,21-22H,2-4,6-7,10-13H2,1H3/t14-,18+/m1/s1. The minimum absolute atomic E-state index is 0.152. The summed E-state index contributed by atoms with van der Waals surface area (Å²) in [6.45, 7) is 5.29. The van der Waals surface area contributed by atoms with Crippen LogP contribution in [0.25, 0.3) is 0 Å². The molecular formula is C18H27Cl2NO2. The fraction of sp³-hybridized carbons (Fsp3) is 0.667. The van der Waals surface area contributed by atoms with E-state index in [-0.39, 0.29) is 5.92 Å². The Kier molecular flexibility index (Phi) is 7.64. The van der Waals surface area contributed by atoms with Crippen molar-refractivity contribution in [2.24, 2.45) is 5.92 Å². The molecule has 1 aliphatic rings. The van der Waals surface area contributed by atoms with E-state index >= 15 is 0 Å². The van der Waals surface area contributed by atoms with E-state index in [1.807, 2.05) is 19.1 Å². The minimum atomic E-state index is -0.943. The van der Waals surface area contributed by atoms with Crippen LogP contribution in [0, 0.1) is 5.92 Å². The molecule has 0 aliphatic carbocycles. The molecule has 1 heterocycles. The van der Waals surface area contributed by atoms with Crippen molar-refractivity contribution in [3.63, 3.8) is 0 Å². The van der Waals surface area contributed by atoms with E-state index in [0.717, 1.165) is 57.6 Å². The zero-order valence-electron chi connectivity index (χ0n) is 13.8. The Morgan fingerprint density at radius 3 is 2.87 bits per heavy atom. The zero-order chi connectivity index (χ0) is 16.7. The van der Waals surface area contributed by atoms with E-state index < -0.39 is 5.60 Å². The van der Waals surface area contributed by atoms with Crippen molar-refractivity contribution in [1.29, 1.82) is 0 Å². The number of piperidine rings is 1. The third-order valence-corrected chi connectivity index (χ3v) is 5.51. The molecule has 1 saturated heterocycles. The van der Waals surface area contributed by atoms with Crippen LogP contribution in [0.1, 0.15) is 44.6 Å². The van der Waals surface area contributed by atoms with Gasteiger partial charge in [0.05, 0.1) is 15.6 Å². The molecule has 5 heteroatoms. The Morgan fingerprint density at radius 2 is 2.17 bits per heavy atom. The number of hydrogen-bond donors (Lipinski definition) is 2. The number of ether oxygens (including phenoxy) is 1. The van der Waals surface area contributed by atoms with Crippen LogP contribution in [-0.2, 0) is 10.3 Å². The number of halogens is 2. The quantitative estimate of drug-likeness (QED) is 0.676. The fourth-order valence-corrected chi connectivity index (χ4v) is 3.86. The van der Waals surface area contributed by atoms with Crippen LogP contribution >= 0.6 is 23.2 Å². The monoisotopic (exact) mass is 359 g/mol. The molecule has 130 valence electrons. The van der Waals surface area contributed by atoms with Crippen LogP contribution < -0.4 is 5.32 Å². The van der Waals surface area contributed by atoms with E-state index in [1.165, 1.54) is 0 Å². The average Bonchev–Trinajstić information content (AvgIpc) is 2.58. The van der Waals surface area contributed by atoms with Crippen LogP contribution in [0.4, 0.5) is 0 Å². The topological polar surface area (TPSA) is 41.5 Å². The van der Waals surface area contributed by atoms with E-state index in [4.69, 9.17) is 27.9 Å². The normalized spacial score (nSPS) is 21.1. The Balaban J connectivity index is 2.18. The van der Waals surface area contributed by atoms with Gasteiger partial charge in [0.25, 0.3) is 0 Å². The zero-order valence-corrected chi connectivity index (χ0v) is 15.3. The first-order valence-corrected chi connectivity index (χ1v) is 9.30. The molecule has 23 heavy (non-hydrogen) atoms. The lowest BCUT2D eigenvalue weighted by atomic mass is 9.74. The fourth-order valence-electron chi connectivity index (χ4n) is 3.40. The number of rotatable bonds is 8. The summed E-state index contributed by atoms with van der Waals surface area (Å²) in [5.41, 5.74) is -0.182. The summed E-state index contributed by atoms with van der Waals surface area (Å²) in [6, 6.07) is 5.54. The summed E-state index contributed by atoms with van der Waals surface area (Å²) in [5.74, 6) is 0.152. The molecule has 0 spiro atoms. The smallest absolute Gasteiger partial charge is 0.0951 e. The third kappa shape index (κ3) is 4.83. The Bertz CT molecular complexity index is 492. The Labute approximate surface area is 149 Å². The highest BCUT2D eigenvalue weighted by Gasteiger charge is 2.40. The largest absolute Gasteiger partial charge is 0.385 e. The molecule has 1 aromatic rings. The van der Waals surface area contributed by atoms with Crippen molar-refractivity contribution >= 4 is 23.2 Å². The molecule has 1 aromatic carbocycles. The molecule has 0 bridgehead atoms. The van der Waals surface area contributed by atoms with Crippen molar-refractivity contribution < 1.29 is 9.84 Å². The predicted octanol–water partition coefficient (Wildman–Crippen LogP) is 4.39. The van der Waals surface area contributed by atoms with Gasteiger partial charge < -0.3 is 15.2 Å². The van der Waals surface area contributed by atoms with Gasteiger partial charge in [-0.2, -0.15) is 0 Å². The first-order chi connectivity index (χ1) is 11.1. The lowest BCUT2D eigenvalue weighted by molar-refractivity contribution is -0.0435. The maximum Gasteiger partial charge on any atom is 0.0951 e. The summed E-state index contributed by atoms with van der Waals surface area (Å²) in [5, 5.41) is 15.9. The summed E-state index contributed by atoms with van der Waals surface area (Å²) < 4.78 is 5.40. The van der Waals surface area contributed by atoms with Gasteiger partial charge in [-0.1, -0.05) is 35.3 Å². The molecule has 1 fully saturated rings. The van der Waals surface area contributed by atoms with Gasteiger partial charge in [0.1, 0.15) is 0 Å². The van der Waals surface area contributed by atoms with Gasteiger partial charge in [-0.3, -0.25) is 0 Å². The molecule has 0 aromatic heterocycles. The van der Waals surface area contributed by atoms with Gasteiger partial charge in [0.2, 0.25) is 0 Å². The number of aliphatic hydroxyl groups is 1. The van der Waals surface area contributed by atoms with Crippen LogP contribution in [-0.4, -0.2) is 31.4 Å². The number of nitrogens with one attached hydrogen (secondary N) is 1. The van der Waals surface area contributed by atoms with Crippen LogP contribution in [0.15, 0.2) is 18.2 Å².